The molecule has 4 rings (SSSR count). The number of anilines is 2. The van der Waals surface area contributed by atoms with Gasteiger partial charge in [0.25, 0.3) is 0 Å². The Kier molecular flexibility index (Phi) is 12.8. The number of phenolic OH excluding ortho intramolecular Hbond substituents is 1. The summed E-state index contributed by atoms with van der Waals surface area (Å²) in [5, 5.41) is 26.2. The van der Waals surface area contributed by atoms with Crippen molar-refractivity contribution in [3.8, 4) is 17.6 Å². The van der Waals surface area contributed by atoms with Crippen LogP contribution in [0.5, 0.6) is 5.75 Å². The monoisotopic (exact) mass is 679 g/mol. The molecule has 0 bridgehead atoms. The molecule has 3 unspecified atom stereocenters. The third kappa shape index (κ3) is 10.5. The van der Waals surface area contributed by atoms with Gasteiger partial charge in [0.1, 0.15) is 12.3 Å². The highest BCUT2D eigenvalue weighted by atomic mass is 32.2. The molecule has 14 heteroatoms. The van der Waals surface area contributed by atoms with Gasteiger partial charge in [-0.15, -0.1) is 0 Å². The molecule has 0 aliphatic carbocycles. The molecule has 3 atom stereocenters. The highest BCUT2D eigenvalue weighted by Gasteiger charge is 2.31. The number of hydrogen-bond donors (Lipinski definition) is 4. The van der Waals surface area contributed by atoms with E-state index in [1.165, 1.54) is 30.0 Å². The molecule has 1 saturated heterocycles. The highest BCUT2D eigenvalue weighted by molar-refractivity contribution is 7.93. The molecule has 4 N–H and O–H groups in total. The number of aromatic hydroxyl groups is 1. The van der Waals surface area contributed by atoms with Crippen molar-refractivity contribution in [2.24, 2.45) is 10.3 Å². The molecular formula is C33H44F3N5O5S. The smallest absolute Gasteiger partial charge is 0.406 e. The van der Waals surface area contributed by atoms with Gasteiger partial charge in [0.2, 0.25) is 0 Å². The van der Waals surface area contributed by atoms with Crippen molar-refractivity contribution in [3.05, 3.63) is 48.2 Å². The predicted octanol–water partition coefficient (Wildman–Crippen LogP) is 4.61. The molecule has 0 spiro atoms. The average Bonchev–Trinajstić information content (AvgIpc) is 3.36. The third-order valence-electron chi connectivity index (χ3n) is 8.08. The molecule has 47 heavy (non-hydrogen) atoms. The van der Waals surface area contributed by atoms with Gasteiger partial charge in [-0.2, -0.15) is 13.2 Å². The fourth-order valence-electron chi connectivity index (χ4n) is 5.67. The summed E-state index contributed by atoms with van der Waals surface area (Å²) < 4.78 is 70.0. The van der Waals surface area contributed by atoms with E-state index in [-0.39, 0.29) is 43.2 Å². The standard InChI is InChI=1S/C33H44F3N5O5S/c1-37-47(3,44)28-19-25(18-27(43)21-28)38-11-5-6-26-20-29-31(7-4-8-32(29)41(26)23-33(34,35)36)39-30-9-12-40(2)22-24(30)10-14-45-16-17-46-15-13-42/h4,7-8,18-21,24,30,38-39,42-43H,9-17,22-23H2,1-3H3. The summed E-state index contributed by atoms with van der Waals surface area (Å²) in [5.41, 5.74) is 1.87. The number of aromatic nitrogens is 1. The van der Waals surface area contributed by atoms with Crippen LogP contribution in [0.4, 0.5) is 24.5 Å². The van der Waals surface area contributed by atoms with Gasteiger partial charge < -0.3 is 39.8 Å². The number of alkyl halides is 3. The minimum atomic E-state index is -4.46. The third-order valence-corrected chi connectivity index (χ3v) is 9.88. The Bertz CT molecular complexity index is 1680. The molecule has 1 aromatic heterocycles. The van der Waals surface area contributed by atoms with Gasteiger partial charge in [-0.05, 0) is 68.6 Å². The second-order valence-electron chi connectivity index (χ2n) is 11.6. The Morgan fingerprint density at radius 2 is 1.89 bits per heavy atom. The lowest BCUT2D eigenvalue weighted by Crippen LogP contribution is -2.45. The summed E-state index contributed by atoms with van der Waals surface area (Å²) in [6.07, 6.45) is -1.31. The first-order chi connectivity index (χ1) is 22.4. The zero-order valence-corrected chi connectivity index (χ0v) is 27.8. The molecule has 0 saturated carbocycles. The zero-order chi connectivity index (χ0) is 34.0. The van der Waals surface area contributed by atoms with Crippen molar-refractivity contribution in [2.75, 3.05) is 83.7 Å². The van der Waals surface area contributed by atoms with Crippen LogP contribution in [-0.4, -0.2) is 109 Å². The second kappa shape index (κ2) is 16.6. The summed E-state index contributed by atoms with van der Waals surface area (Å²) in [4.78, 5) is 2.62. The van der Waals surface area contributed by atoms with Gasteiger partial charge in [-0.25, -0.2) is 8.57 Å². The van der Waals surface area contributed by atoms with Crippen LogP contribution in [-0.2, 0) is 25.7 Å². The van der Waals surface area contributed by atoms with Gasteiger partial charge in [-0.3, -0.25) is 0 Å². The molecule has 1 aliphatic heterocycles. The van der Waals surface area contributed by atoms with Gasteiger partial charge in [0.05, 0.1) is 58.8 Å². The molecule has 258 valence electrons. The van der Waals surface area contributed by atoms with E-state index >= 15 is 0 Å². The van der Waals surface area contributed by atoms with E-state index in [1.54, 1.807) is 24.3 Å². The number of nitrogens with one attached hydrogen (secondary N) is 2. The van der Waals surface area contributed by atoms with Crippen molar-refractivity contribution < 1.29 is 37.1 Å². The Morgan fingerprint density at radius 3 is 2.62 bits per heavy atom. The highest BCUT2D eigenvalue weighted by Crippen LogP contribution is 2.32. The second-order valence-corrected chi connectivity index (χ2v) is 14.1. The number of likely N-dealkylation sites (tertiary alicyclic amines) is 1. The molecule has 10 nitrogen and oxygen atoms in total. The number of aliphatic hydroxyl groups excluding tert-OH is 1. The van der Waals surface area contributed by atoms with Crippen LogP contribution in [0.25, 0.3) is 10.9 Å². The van der Waals surface area contributed by atoms with Gasteiger partial charge in [0, 0.05) is 55.3 Å². The Balaban J connectivity index is 1.53. The van der Waals surface area contributed by atoms with Crippen LogP contribution >= 0.6 is 0 Å². The molecule has 0 amide bonds. The molecule has 3 aromatic rings. The van der Waals surface area contributed by atoms with Gasteiger partial charge in [-0.1, -0.05) is 12.0 Å². The number of hydrogen-bond acceptors (Lipinski definition) is 9. The summed E-state index contributed by atoms with van der Waals surface area (Å²) in [7, 11) is 0.832. The first-order valence-corrected chi connectivity index (χ1v) is 17.4. The maximum atomic E-state index is 13.7. The van der Waals surface area contributed by atoms with E-state index in [0.29, 0.717) is 41.3 Å². The van der Waals surface area contributed by atoms with E-state index in [1.807, 2.05) is 6.07 Å². The van der Waals surface area contributed by atoms with Crippen LogP contribution in [0.2, 0.25) is 0 Å². The summed E-state index contributed by atoms with van der Waals surface area (Å²) in [5.74, 6) is 5.97. The lowest BCUT2D eigenvalue weighted by Gasteiger charge is -2.38. The lowest BCUT2D eigenvalue weighted by molar-refractivity contribution is -0.140. The minimum absolute atomic E-state index is 0.0262. The Labute approximate surface area is 274 Å². The van der Waals surface area contributed by atoms with Gasteiger partial charge >= 0.3 is 6.18 Å². The Hall–Kier alpha value is -3.48. The summed E-state index contributed by atoms with van der Waals surface area (Å²) in [6.45, 7) is 2.30. The van der Waals surface area contributed by atoms with Crippen molar-refractivity contribution in [1.29, 1.82) is 0 Å². The van der Waals surface area contributed by atoms with Crippen molar-refractivity contribution in [2.45, 2.75) is 36.5 Å². The summed E-state index contributed by atoms with van der Waals surface area (Å²) >= 11 is 0. The SMILES string of the molecule is CN=S(C)(=O)c1cc(O)cc(NCC#Cc2cc3c(NC4CCN(C)CC4CCOCCOCCO)cccc3n2CC(F)(F)F)c1. The van der Waals surface area contributed by atoms with Crippen LogP contribution in [0.15, 0.2) is 51.7 Å². The fourth-order valence-corrected chi connectivity index (χ4v) is 6.57. The van der Waals surface area contributed by atoms with E-state index in [2.05, 4.69) is 38.8 Å². The average molecular weight is 680 g/mol. The molecule has 1 aliphatic rings. The number of nitrogens with zero attached hydrogens (tertiary/aromatic N) is 3. The van der Waals surface area contributed by atoms with Gasteiger partial charge in [0.15, 0.2) is 0 Å². The first-order valence-electron chi connectivity index (χ1n) is 15.5. The van der Waals surface area contributed by atoms with Crippen LogP contribution in [0.3, 0.4) is 0 Å². The molecular weight excluding hydrogens is 635 g/mol. The normalized spacial score (nSPS) is 18.4. The number of rotatable bonds is 14. The number of halogens is 3. The fraction of sp³-hybridized carbons (Fsp3) is 0.515. The topological polar surface area (TPSA) is 121 Å². The number of phenols is 1. The van der Waals surface area contributed by atoms with Crippen molar-refractivity contribution in [3.63, 3.8) is 0 Å². The maximum absolute atomic E-state index is 13.7. The van der Waals surface area contributed by atoms with Crippen LogP contribution < -0.4 is 10.6 Å². The van der Waals surface area contributed by atoms with Crippen LogP contribution in [0, 0.1) is 17.8 Å². The zero-order valence-electron chi connectivity index (χ0n) is 27.0. The quantitative estimate of drug-likeness (QED) is 0.144. The lowest BCUT2D eigenvalue weighted by atomic mass is 9.89. The van der Waals surface area contributed by atoms with E-state index in [9.17, 15) is 22.5 Å². The largest absolute Gasteiger partial charge is 0.508 e. The molecule has 2 heterocycles. The number of ether oxygens (including phenoxy) is 2. The number of piperidine rings is 1. The van der Waals surface area contributed by atoms with E-state index in [4.69, 9.17) is 14.6 Å². The molecule has 0 radical (unpaired) electrons. The first kappa shape index (κ1) is 36.4. The number of aliphatic hydroxyl groups is 1. The van der Waals surface area contributed by atoms with E-state index < -0.39 is 22.5 Å². The molecule has 2 aromatic carbocycles. The van der Waals surface area contributed by atoms with Crippen molar-refractivity contribution >= 4 is 32.0 Å². The predicted molar refractivity (Wildman–Crippen MR) is 179 cm³/mol. The Morgan fingerprint density at radius 1 is 1.13 bits per heavy atom. The minimum Gasteiger partial charge on any atom is -0.508 e. The van der Waals surface area contributed by atoms with E-state index in [0.717, 1.165) is 31.6 Å². The van der Waals surface area contributed by atoms with Crippen molar-refractivity contribution in [1.82, 2.24) is 9.47 Å². The maximum Gasteiger partial charge on any atom is 0.406 e. The van der Waals surface area contributed by atoms with Crippen LogP contribution in [0.1, 0.15) is 18.5 Å². The summed E-state index contributed by atoms with van der Waals surface area (Å²) in [6, 6.07) is 11.5. The number of benzene rings is 2. The molecule has 1 fully saturated rings. The number of fused-ring (bicyclic) bond motifs is 1.